The molecule has 3 nitrogen and oxygen atoms in total. The second kappa shape index (κ2) is 8.58. The summed E-state index contributed by atoms with van der Waals surface area (Å²) in [7, 11) is -7.74. The quantitative estimate of drug-likeness (QED) is 0.155. The molecule has 1 unspecified atom stereocenters. The van der Waals surface area contributed by atoms with Crippen LogP contribution < -0.4 is 0 Å². The molecular formula is C11HClF22O3S. The Balaban J connectivity index is 7.34. The topological polar surface area (TPSA) is 54.4 Å². The first-order valence-electron chi connectivity index (χ1n) is 7.57. The lowest BCUT2D eigenvalue weighted by atomic mass is 9.86. The fraction of sp³-hybridized carbons (Fsp3) is 1.00. The fourth-order valence-electron chi connectivity index (χ4n) is 1.90. The first kappa shape index (κ1) is 36.7. The number of hydrogen-bond donors (Lipinski definition) is 1. The Morgan fingerprint density at radius 2 is 0.526 bits per heavy atom. The summed E-state index contributed by atoms with van der Waals surface area (Å²) in [6.07, 6.45) is -8.13. The molecule has 0 saturated heterocycles. The van der Waals surface area contributed by atoms with Crippen LogP contribution in [-0.4, -0.2) is 76.9 Å². The Hall–Kier alpha value is -1.34. The molecule has 1 atom stereocenters. The molecule has 0 heterocycles. The van der Waals surface area contributed by atoms with E-state index in [0.717, 1.165) is 0 Å². The molecule has 0 aromatic carbocycles. The lowest BCUT2D eigenvalue weighted by Crippen LogP contribution is -2.77. The molecule has 0 radical (unpaired) electrons. The van der Waals surface area contributed by atoms with E-state index in [1.165, 1.54) is 0 Å². The minimum absolute atomic E-state index is 3.52. The molecule has 0 aromatic rings. The highest BCUT2D eigenvalue weighted by Gasteiger charge is 2.99. The normalized spacial score (nSPS) is 18.4. The Morgan fingerprint density at radius 3 is 0.684 bits per heavy atom. The summed E-state index contributed by atoms with van der Waals surface area (Å²) in [6, 6.07) is 0. The molecule has 0 amide bonds. The van der Waals surface area contributed by atoms with E-state index >= 15 is 0 Å². The molecule has 0 fully saturated rings. The number of rotatable bonds is 10. The first-order chi connectivity index (χ1) is 15.8. The third-order valence-corrected chi connectivity index (χ3v) is 5.93. The molecule has 0 spiro atoms. The van der Waals surface area contributed by atoms with Crippen LogP contribution in [0.4, 0.5) is 96.6 Å². The summed E-state index contributed by atoms with van der Waals surface area (Å²) >= 11 is 3.52. The van der Waals surface area contributed by atoms with Crippen molar-refractivity contribution in [1.82, 2.24) is 0 Å². The van der Waals surface area contributed by atoms with Gasteiger partial charge in [-0.2, -0.15) is 105 Å². The monoisotopic (exact) mass is 666 g/mol. The average Bonchev–Trinajstić information content (AvgIpc) is 2.64. The van der Waals surface area contributed by atoms with Gasteiger partial charge in [0, 0.05) is 0 Å². The number of hydrogen-bond acceptors (Lipinski definition) is 2. The highest BCUT2D eigenvalue weighted by molar-refractivity contribution is 7.88. The Bertz CT molecular complexity index is 1010. The molecule has 0 aliphatic heterocycles. The van der Waals surface area contributed by atoms with Crippen LogP contribution in [0.5, 0.6) is 0 Å². The lowest BCUT2D eigenvalue weighted by Gasteiger charge is -2.45. The predicted octanol–water partition coefficient (Wildman–Crippen LogP) is 7.02. The van der Waals surface area contributed by atoms with Crippen molar-refractivity contribution in [1.29, 1.82) is 0 Å². The maximum Gasteiger partial charge on any atom is 0.460 e. The highest BCUT2D eigenvalue weighted by Crippen LogP contribution is 2.67. The summed E-state index contributed by atoms with van der Waals surface area (Å²) in [5.74, 6) is -82.0. The molecule has 38 heavy (non-hydrogen) atoms. The fourth-order valence-corrected chi connectivity index (χ4v) is 2.47. The second-order valence-electron chi connectivity index (χ2n) is 6.66. The largest absolute Gasteiger partial charge is 0.460 e. The van der Waals surface area contributed by atoms with E-state index in [-0.39, 0.29) is 0 Å². The van der Waals surface area contributed by atoms with Crippen molar-refractivity contribution >= 4 is 21.7 Å². The standard InChI is InChI=1S/C11HClF22O3S/c12-10(31,38(35,36)37)8(27,28)6(23,24)4(19,20)2(15,16)1(13,14)3(17,18)5(21,22)7(25,26)9(29,30)11(32,33)34/h(H,35,36,37). The van der Waals surface area contributed by atoms with E-state index in [1.54, 1.807) is 0 Å². The van der Waals surface area contributed by atoms with Crippen molar-refractivity contribution in [2.24, 2.45) is 0 Å². The van der Waals surface area contributed by atoms with Gasteiger partial charge in [0.2, 0.25) is 0 Å². The first-order valence-corrected chi connectivity index (χ1v) is 9.38. The smallest absolute Gasteiger partial charge is 0.282 e. The minimum Gasteiger partial charge on any atom is -0.282 e. The lowest BCUT2D eigenvalue weighted by molar-refractivity contribution is -0.475. The summed E-state index contributed by atoms with van der Waals surface area (Å²) in [4.78, 5) is 0. The van der Waals surface area contributed by atoms with Crippen LogP contribution in [0.15, 0.2) is 0 Å². The van der Waals surface area contributed by atoms with Gasteiger partial charge in [-0.3, -0.25) is 4.55 Å². The van der Waals surface area contributed by atoms with Gasteiger partial charge in [0.15, 0.2) is 0 Å². The van der Waals surface area contributed by atoms with Gasteiger partial charge < -0.3 is 0 Å². The Kier molecular flexibility index (Phi) is 8.28. The van der Waals surface area contributed by atoms with Crippen LogP contribution in [0.3, 0.4) is 0 Å². The van der Waals surface area contributed by atoms with Crippen molar-refractivity contribution < 1.29 is 110 Å². The van der Waals surface area contributed by atoms with Crippen LogP contribution in [0.25, 0.3) is 0 Å². The zero-order valence-electron chi connectivity index (χ0n) is 15.9. The van der Waals surface area contributed by atoms with E-state index in [4.69, 9.17) is 4.55 Å². The molecule has 0 aromatic heterocycles. The van der Waals surface area contributed by atoms with Crippen molar-refractivity contribution in [3.63, 3.8) is 0 Å². The maximum absolute atomic E-state index is 13.5. The molecule has 0 aliphatic rings. The van der Waals surface area contributed by atoms with Crippen molar-refractivity contribution in [2.75, 3.05) is 0 Å². The van der Waals surface area contributed by atoms with Crippen LogP contribution in [0.2, 0.25) is 0 Å². The summed E-state index contributed by atoms with van der Waals surface area (Å²) in [6.45, 7) is 0. The van der Waals surface area contributed by atoms with Gasteiger partial charge in [-0.25, -0.2) is 0 Å². The van der Waals surface area contributed by atoms with Crippen molar-refractivity contribution in [3.05, 3.63) is 0 Å². The maximum atomic E-state index is 13.5. The highest BCUT2D eigenvalue weighted by atomic mass is 35.5. The molecule has 1 N–H and O–H groups in total. The summed E-state index contributed by atoms with van der Waals surface area (Å²) in [5.41, 5.74) is 0. The van der Waals surface area contributed by atoms with Gasteiger partial charge in [0.1, 0.15) is 0 Å². The second-order valence-corrected chi connectivity index (χ2v) is 8.92. The number of alkyl halides is 23. The number of halogens is 23. The van der Waals surface area contributed by atoms with Gasteiger partial charge in [0.05, 0.1) is 0 Å². The van der Waals surface area contributed by atoms with Gasteiger partial charge in [-0.05, 0) is 0 Å². The molecule has 0 aliphatic carbocycles. The molecule has 230 valence electrons. The van der Waals surface area contributed by atoms with E-state index in [1.807, 2.05) is 0 Å². The molecule has 0 bridgehead atoms. The van der Waals surface area contributed by atoms with Gasteiger partial charge in [-0.15, -0.1) is 0 Å². The van der Waals surface area contributed by atoms with Crippen LogP contribution >= 0.6 is 11.6 Å². The van der Waals surface area contributed by atoms with E-state index in [0.29, 0.717) is 0 Å². The summed E-state index contributed by atoms with van der Waals surface area (Å²) < 4.78 is 309. The van der Waals surface area contributed by atoms with Gasteiger partial charge >= 0.3 is 74.1 Å². The van der Waals surface area contributed by atoms with E-state index < -0.39 is 74.1 Å². The van der Waals surface area contributed by atoms with E-state index in [2.05, 4.69) is 11.6 Å². The minimum atomic E-state index is -9.50. The van der Waals surface area contributed by atoms with E-state index in [9.17, 15) is 105 Å². The third-order valence-electron chi connectivity index (χ3n) is 4.20. The molecular weight excluding hydrogens is 666 g/mol. The van der Waals surface area contributed by atoms with Crippen LogP contribution in [0, 0.1) is 0 Å². The van der Waals surface area contributed by atoms with Gasteiger partial charge in [0.25, 0.3) is 0 Å². The predicted molar refractivity (Wildman–Crippen MR) is 71.8 cm³/mol. The SMILES string of the molecule is O=S(=O)(O)C(F)(Cl)C(F)(F)C(F)(F)C(F)(F)C(F)(F)C(F)(F)C(F)(F)C(F)(F)C(F)(F)C(F)(F)C(F)(F)F. The van der Waals surface area contributed by atoms with Crippen molar-refractivity contribution in [3.8, 4) is 0 Å². The third kappa shape index (κ3) is 4.12. The summed E-state index contributed by atoms with van der Waals surface area (Å²) in [5, 5.41) is 0. The Labute approximate surface area is 196 Å². The Morgan fingerprint density at radius 1 is 0.368 bits per heavy atom. The van der Waals surface area contributed by atoms with Crippen molar-refractivity contribution in [2.45, 2.75) is 63.9 Å². The van der Waals surface area contributed by atoms with Gasteiger partial charge in [-0.1, -0.05) is 11.6 Å². The molecule has 27 heteroatoms. The molecule has 0 rings (SSSR count). The van der Waals surface area contributed by atoms with Crippen LogP contribution in [0.1, 0.15) is 0 Å². The zero-order chi connectivity index (χ0) is 32.0. The van der Waals surface area contributed by atoms with Crippen LogP contribution in [-0.2, 0) is 10.1 Å². The average molecular weight is 667 g/mol. The molecule has 0 saturated carbocycles. The zero-order valence-corrected chi connectivity index (χ0v) is 17.4.